The van der Waals surface area contributed by atoms with E-state index in [-0.39, 0.29) is 11.7 Å². The lowest BCUT2D eigenvalue weighted by molar-refractivity contribution is -0.00859. The standard InChI is InChI=1S/C18H23N5O2/c1-2-14-10-21-16(22-11-14)23-8-3-5-18(13-23)9-15(12-24-18)25-17-19-6-4-7-20-17/h4,6-7,10-11,15H,2-3,5,8-9,12-13H2,1H3/t15-,18+/m1/s1. The zero-order valence-electron chi connectivity index (χ0n) is 14.5. The highest BCUT2D eigenvalue weighted by molar-refractivity contribution is 5.32. The second kappa shape index (κ2) is 6.92. The molecule has 0 bridgehead atoms. The Balaban J connectivity index is 1.42. The molecule has 2 atom stereocenters. The van der Waals surface area contributed by atoms with Gasteiger partial charge in [0, 0.05) is 44.3 Å². The van der Waals surface area contributed by atoms with Crippen LogP contribution < -0.4 is 9.64 Å². The molecular formula is C18H23N5O2. The number of hydrogen-bond donors (Lipinski definition) is 0. The summed E-state index contributed by atoms with van der Waals surface area (Å²) in [5, 5.41) is 0. The van der Waals surface area contributed by atoms with Crippen LogP contribution in [0.15, 0.2) is 30.9 Å². The Morgan fingerprint density at radius 3 is 2.80 bits per heavy atom. The van der Waals surface area contributed by atoms with E-state index in [9.17, 15) is 0 Å². The van der Waals surface area contributed by atoms with E-state index >= 15 is 0 Å². The molecule has 7 nitrogen and oxygen atoms in total. The van der Waals surface area contributed by atoms with E-state index in [0.717, 1.165) is 50.3 Å². The third-order valence-electron chi connectivity index (χ3n) is 4.91. The van der Waals surface area contributed by atoms with Gasteiger partial charge in [0.05, 0.1) is 12.2 Å². The molecule has 0 aromatic carbocycles. The van der Waals surface area contributed by atoms with Crippen molar-refractivity contribution < 1.29 is 9.47 Å². The number of anilines is 1. The van der Waals surface area contributed by atoms with E-state index in [1.165, 1.54) is 0 Å². The molecule has 0 unspecified atom stereocenters. The fourth-order valence-corrected chi connectivity index (χ4v) is 3.62. The lowest BCUT2D eigenvalue weighted by atomic mass is 9.89. The van der Waals surface area contributed by atoms with Gasteiger partial charge in [0.1, 0.15) is 6.10 Å². The van der Waals surface area contributed by atoms with Gasteiger partial charge in [-0.25, -0.2) is 19.9 Å². The molecule has 2 aliphatic rings. The summed E-state index contributed by atoms with van der Waals surface area (Å²) in [5.74, 6) is 0.788. The van der Waals surface area contributed by atoms with Crippen molar-refractivity contribution in [1.29, 1.82) is 0 Å². The van der Waals surface area contributed by atoms with Gasteiger partial charge in [-0.2, -0.15) is 0 Å². The van der Waals surface area contributed by atoms with Crippen molar-refractivity contribution in [3.8, 4) is 6.01 Å². The van der Waals surface area contributed by atoms with Crippen molar-refractivity contribution in [2.45, 2.75) is 44.3 Å². The van der Waals surface area contributed by atoms with Crippen LogP contribution in [-0.4, -0.2) is 51.3 Å². The van der Waals surface area contributed by atoms with Gasteiger partial charge >= 0.3 is 6.01 Å². The van der Waals surface area contributed by atoms with Gasteiger partial charge in [0.2, 0.25) is 5.95 Å². The normalized spacial score (nSPS) is 26.1. The van der Waals surface area contributed by atoms with Crippen molar-refractivity contribution in [3.63, 3.8) is 0 Å². The van der Waals surface area contributed by atoms with Crippen LogP contribution in [0.25, 0.3) is 0 Å². The number of hydrogen-bond acceptors (Lipinski definition) is 7. The monoisotopic (exact) mass is 341 g/mol. The van der Waals surface area contributed by atoms with Gasteiger partial charge in [0.15, 0.2) is 0 Å². The van der Waals surface area contributed by atoms with E-state index in [4.69, 9.17) is 9.47 Å². The van der Waals surface area contributed by atoms with Gasteiger partial charge in [-0.15, -0.1) is 0 Å². The largest absolute Gasteiger partial charge is 0.458 e. The number of aromatic nitrogens is 4. The van der Waals surface area contributed by atoms with E-state index < -0.39 is 0 Å². The van der Waals surface area contributed by atoms with Crippen LogP contribution in [0.5, 0.6) is 6.01 Å². The Bertz CT molecular complexity index is 696. The first-order valence-corrected chi connectivity index (χ1v) is 8.90. The van der Waals surface area contributed by atoms with Crippen LogP contribution in [0.3, 0.4) is 0 Å². The molecule has 4 rings (SSSR count). The lowest BCUT2D eigenvalue weighted by Crippen LogP contribution is -2.48. The van der Waals surface area contributed by atoms with Crippen molar-refractivity contribution in [2.75, 3.05) is 24.6 Å². The molecule has 25 heavy (non-hydrogen) atoms. The Kier molecular flexibility index (Phi) is 4.48. The van der Waals surface area contributed by atoms with Gasteiger partial charge < -0.3 is 14.4 Å². The molecule has 0 amide bonds. The molecule has 0 saturated carbocycles. The molecule has 0 aliphatic carbocycles. The minimum Gasteiger partial charge on any atom is -0.458 e. The Morgan fingerprint density at radius 2 is 2.04 bits per heavy atom. The summed E-state index contributed by atoms with van der Waals surface area (Å²) in [6, 6.07) is 2.20. The maximum absolute atomic E-state index is 6.19. The predicted octanol–water partition coefficient (Wildman–Crippen LogP) is 2.04. The Labute approximate surface area is 147 Å². The summed E-state index contributed by atoms with van der Waals surface area (Å²) in [6.07, 6.45) is 11.1. The third kappa shape index (κ3) is 3.56. The number of nitrogens with zero attached hydrogens (tertiary/aromatic N) is 5. The average Bonchev–Trinajstić information content (AvgIpc) is 3.04. The number of ether oxygens (including phenoxy) is 2. The quantitative estimate of drug-likeness (QED) is 0.842. The van der Waals surface area contributed by atoms with E-state index in [0.29, 0.717) is 12.6 Å². The van der Waals surface area contributed by atoms with Gasteiger partial charge in [-0.1, -0.05) is 6.92 Å². The van der Waals surface area contributed by atoms with E-state index in [2.05, 4.69) is 31.8 Å². The minimum absolute atomic E-state index is 0.00858. The third-order valence-corrected chi connectivity index (χ3v) is 4.91. The van der Waals surface area contributed by atoms with Crippen molar-refractivity contribution >= 4 is 5.95 Å². The van der Waals surface area contributed by atoms with Crippen LogP contribution in [0, 0.1) is 0 Å². The summed E-state index contributed by atoms with van der Waals surface area (Å²) < 4.78 is 12.1. The molecule has 1 spiro atoms. The molecule has 2 aromatic heterocycles. The van der Waals surface area contributed by atoms with Gasteiger partial charge in [0.25, 0.3) is 0 Å². The van der Waals surface area contributed by atoms with Crippen LogP contribution >= 0.6 is 0 Å². The molecule has 0 radical (unpaired) electrons. The molecule has 0 N–H and O–H groups in total. The summed E-state index contributed by atoms with van der Waals surface area (Å²) >= 11 is 0. The Hall–Kier alpha value is -2.28. The van der Waals surface area contributed by atoms with Crippen molar-refractivity contribution in [1.82, 2.24) is 19.9 Å². The molecular weight excluding hydrogens is 318 g/mol. The van der Waals surface area contributed by atoms with Crippen LogP contribution in [0.2, 0.25) is 0 Å². The van der Waals surface area contributed by atoms with Gasteiger partial charge in [-0.3, -0.25) is 0 Å². The van der Waals surface area contributed by atoms with Crippen LogP contribution in [0.1, 0.15) is 31.7 Å². The fraction of sp³-hybridized carbons (Fsp3) is 0.556. The number of piperidine rings is 1. The lowest BCUT2D eigenvalue weighted by Gasteiger charge is -2.39. The fourth-order valence-electron chi connectivity index (χ4n) is 3.62. The average molecular weight is 341 g/mol. The summed E-state index contributed by atoms with van der Waals surface area (Å²) in [7, 11) is 0. The highest BCUT2D eigenvalue weighted by atomic mass is 16.6. The maximum Gasteiger partial charge on any atom is 0.316 e. The molecule has 2 saturated heterocycles. The first kappa shape index (κ1) is 16.2. The van der Waals surface area contributed by atoms with E-state index in [1.54, 1.807) is 18.5 Å². The molecule has 132 valence electrons. The first-order valence-electron chi connectivity index (χ1n) is 8.90. The smallest absolute Gasteiger partial charge is 0.316 e. The summed E-state index contributed by atoms with van der Waals surface area (Å²) in [6.45, 7) is 4.44. The van der Waals surface area contributed by atoms with E-state index in [1.807, 2.05) is 12.4 Å². The van der Waals surface area contributed by atoms with Crippen LogP contribution in [0.4, 0.5) is 5.95 Å². The topological polar surface area (TPSA) is 73.3 Å². The maximum atomic E-state index is 6.19. The predicted molar refractivity (Wildman–Crippen MR) is 92.6 cm³/mol. The summed E-state index contributed by atoms with van der Waals surface area (Å²) in [4.78, 5) is 19.5. The second-order valence-corrected chi connectivity index (χ2v) is 6.74. The molecule has 7 heteroatoms. The summed E-state index contributed by atoms with van der Waals surface area (Å²) in [5.41, 5.74) is 0.966. The second-order valence-electron chi connectivity index (χ2n) is 6.74. The molecule has 2 fully saturated rings. The van der Waals surface area contributed by atoms with Crippen LogP contribution in [-0.2, 0) is 11.2 Å². The SMILES string of the molecule is CCc1cnc(N2CCC[C@]3(C[C@@H](Oc4ncccn4)CO3)C2)nc1. The molecule has 2 aliphatic heterocycles. The van der Waals surface area contributed by atoms with Crippen molar-refractivity contribution in [2.24, 2.45) is 0 Å². The highest BCUT2D eigenvalue weighted by Gasteiger charge is 2.45. The highest BCUT2D eigenvalue weighted by Crippen LogP contribution is 2.36. The van der Waals surface area contributed by atoms with Crippen molar-refractivity contribution in [3.05, 3.63) is 36.4 Å². The molecule has 4 heterocycles. The first-order chi connectivity index (χ1) is 12.3. The number of rotatable bonds is 4. The Morgan fingerprint density at radius 1 is 1.24 bits per heavy atom. The number of aryl methyl sites for hydroxylation is 1. The van der Waals surface area contributed by atoms with Gasteiger partial charge in [-0.05, 0) is 30.9 Å². The zero-order chi connectivity index (χ0) is 17.1. The minimum atomic E-state index is -0.190. The molecule has 2 aromatic rings. The zero-order valence-corrected chi connectivity index (χ0v) is 14.5.